The molecule has 1 amide bonds. The third-order valence-corrected chi connectivity index (χ3v) is 3.63. The van der Waals surface area contributed by atoms with Crippen LogP contribution in [0.3, 0.4) is 0 Å². The van der Waals surface area contributed by atoms with E-state index in [1.807, 2.05) is 0 Å². The van der Waals surface area contributed by atoms with Gasteiger partial charge in [-0.05, 0) is 48.4 Å². The Morgan fingerprint density at radius 1 is 1.04 bits per heavy atom. The number of primary amides is 1. The van der Waals surface area contributed by atoms with Crippen molar-refractivity contribution in [1.82, 2.24) is 0 Å². The fourth-order valence-electron chi connectivity index (χ4n) is 2.32. The van der Waals surface area contributed by atoms with E-state index in [4.69, 9.17) is 10.8 Å². The highest BCUT2D eigenvalue weighted by Crippen LogP contribution is 2.33. The quantitative estimate of drug-likeness (QED) is 0.713. The zero-order valence-corrected chi connectivity index (χ0v) is 13.8. The molecule has 27 heavy (non-hydrogen) atoms. The lowest BCUT2D eigenvalue weighted by atomic mass is 9.99. The highest BCUT2D eigenvalue weighted by Gasteiger charge is 2.33. The molecule has 0 aliphatic heterocycles. The Labute approximate surface area is 152 Å². The van der Waals surface area contributed by atoms with Crippen LogP contribution in [0.5, 0.6) is 5.75 Å². The number of aromatic hydroxyl groups is 1. The molecule has 0 spiro atoms. The first-order valence-corrected chi connectivity index (χ1v) is 7.64. The van der Waals surface area contributed by atoms with E-state index >= 15 is 0 Å². The Morgan fingerprint density at radius 3 is 2.26 bits per heavy atom. The number of carboxylic acid groups (broad SMARTS) is 1. The van der Waals surface area contributed by atoms with Crippen LogP contribution in [0.15, 0.2) is 36.4 Å². The van der Waals surface area contributed by atoms with Crippen molar-refractivity contribution in [3.63, 3.8) is 0 Å². The molecule has 0 atom stereocenters. The van der Waals surface area contributed by atoms with E-state index in [0.29, 0.717) is 11.6 Å². The van der Waals surface area contributed by atoms with E-state index in [1.165, 1.54) is 18.2 Å². The highest BCUT2D eigenvalue weighted by atomic mass is 19.4. The molecule has 0 bridgehead atoms. The number of phenolic OH excluding ortho intramolecular Hbond substituents is 1. The van der Waals surface area contributed by atoms with Crippen LogP contribution in [0.25, 0.3) is 0 Å². The maximum Gasteiger partial charge on any atom is 0.417 e. The molecule has 2 aromatic carbocycles. The molecule has 2 rings (SSSR count). The Kier molecular flexibility index (Phi) is 5.75. The van der Waals surface area contributed by atoms with Gasteiger partial charge in [0, 0.05) is 17.5 Å². The summed E-state index contributed by atoms with van der Waals surface area (Å²) in [5.41, 5.74) is 4.29. The van der Waals surface area contributed by atoms with E-state index in [9.17, 15) is 27.9 Å². The summed E-state index contributed by atoms with van der Waals surface area (Å²) in [5, 5.41) is 18.3. The number of halogens is 3. The fourth-order valence-corrected chi connectivity index (χ4v) is 2.32. The minimum atomic E-state index is -4.70. The molecule has 0 aromatic heterocycles. The Morgan fingerprint density at radius 2 is 1.67 bits per heavy atom. The van der Waals surface area contributed by atoms with Crippen molar-refractivity contribution < 1.29 is 33.0 Å². The monoisotopic (exact) mass is 377 g/mol. The number of rotatable bonds is 4. The van der Waals surface area contributed by atoms with Crippen LogP contribution in [-0.4, -0.2) is 22.1 Å². The molecule has 4 N–H and O–H groups in total. The maximum absolute atomic E-state index is 13.1. The number of aromatic carboxylic acids is 1. The molecule has 2 aromatic rings. The first-order chi connectivity index (χ1) is 12.6. The van der Waals surface area contributed by atoms with Gasteiger partial charge in [0.05, 0.1) is 11.1 Å². The van der Waals surface area contributed by atoms with Crippen molar-refractivity contribution in [2.45, 2.75) is 19.0 Å². The van der Waals surface area contributed by atoms with Crippen LogP contribution in [0.1, 0.15) is 39.0 Å². The number of aryl methyl sites for hydroxylation is 1. The average Bonchev–Trinajstić information content (AvgIpc) is 2.58. The number of amides is 1. The molecule has 0 heterocycles. The fraction of sp³-hybridized carbons (Fsp3) is 0.158. The van der Waals surface area contributed by atoms with Crippen molar-refractivity contribution >= 4 is 11.9 Å². The second-order valence-corrected chi connectivity index (χ2v) is 5.62. The summed E-state index contributed by atoms with van der Waals surface area (Å²) in [5.74, 6) is 2.64. The summed E-state index contributed by atoms with van der Waals surface area (Å²) in [4.78, 5) is 22.1. The number of alkyl halides is 3. The lowest BCUT2D eigenvalue weighted by molar-refractivity contribution is -0.137. The van der Waals surface area contributed by atoms with Crippen LogP contribution in [0.4, 0.5) is 13.2 Å². The molecular formula is C19H14F3NO4. The normalized spacial score (nSPS) is 10.8. The predicted molar refractivity (Wildman–Crippen MR) is 90.0 cm³/mol. The van der Waals surface area contributed by atoms with Gasteiger partial charge < -0.3 is 15.9 Å². The molecule has 0 unspecified atom stereocenters. The molecule has 8 heteroatoms. The van der Waals surface area contributed by atoms with Crippen LogP contribution in [0, 0.1) is 11.8 Å². The summed E-state index contributed by atoms with van der Waals surface area (Å²) >= 11 is 0. The number of phenols is 1. The SMILES string of the molecule is NC(=O)CCc1cc(C(=O)O)ccc1C#Cc1ccc(O)cc1C(F)(F)F. The highest BCUT2D eigenvalue weighted by molar-refractivity contribution is 5.88. The maximum atomic E-state index is 13.1. The van der Waals surface area contributed by atoms with Crippen molar-refractivity contribution in [2.75, 3.05) is 0 Å². The number of benzene rings is 2. The molecule has 0 saturated heterocycles. The summed E-state index contributed by atoms with van der Waals surface area (Å²) in [7, 11) is 0. The smallest absolute Gasteiger partial charge is 0.417 e. The van der Waals surface area contributed by atoms with Crippen molar-refractivity contribution in [1.29, 1.82) is 0 Å². The lowest BCUT2D eigenvalue weighted by Crippen LogP contribution is -2.12. The Balaban J connectivity index is 2.50. The first-order valence-electron chi connectivity index (χ1n) is 7.64. The van der Waals surface area contributed by atoms with E-state index in [-0.39, 0.29) is 29.5 Å². The van der Waals surface area contributed by atoms with Gasteiger partial charge in [-0.3, -0.25) is 4.79 Å². The van der Waals surface area contributed by atoms with Crippen LogP contribution in [-0.2, 0) is 17.4 Å². The minimum Gasteiger partial charge on any atom is -0.508 e. The molecule has 0 radical (unpaired) electrons. The van der Waals surface area contributed by atoms with E-state index in [0.717, 1.165) is 12.1 Å². The second kappa shape index (κ2) is 7.83. The van der Waals surface area contributed by atoms with Gasteiger partial charge in [0.2, 0.25) is 5.91 Å². The summed E-state index contributed by atoms with van der Waals surface area (Å²) in [6, 6.07) is 6.63. The summed E-state index contributed by atoms with van der Waals surface area (Å²) in [6.45, 7) is 0. The van der Waals surface area contributed by atoms with Crippen molar-refractivity contribution in [3.8, 4) is 17.6 Å². The molecule has 140 valence electrons. The van der Waals surface area contributed by atoms with Crippen LogP contribution >= 0.6 is 0 Å². The van der Waals surface area contributed by atoms with Gasteiger partial charge in [-0.1, -0.05) is 11.8 Å². The molecular weight excluding hydrogens is 363 g/mol. The summed E-state index contributed by atoms with van der Waals surface area (Å²) in [6.07, 6.45) is -4.67. The minimum absolute atomic E-state index is 0.0411. The molecule has 0 fully saturated rings. The standard InChI is InChI=1S/C19H14F3NO4/c20-19(21,22)16-10-15(24)7-5-12(16)3-1-11-2-4-14(18(26)27)9-13(11)6-8-17(23)25/h2,4-5,7,9-10,24H,6,8H2,(H2,23,25)(H,26,27). The number of hydrogen-bond donors (Lipinski definition) is 3. The first kappa shape index (κ1) is 19.8. The van der Waals surface area contributed by atoms with Crippen molar-refractivity contribution in [3.05, 3.63) is 64.2 Å². The molecule has 0 saturated carbocycles. The molecule has 0 aliphatic carbocycles. The number of hydrogen-bond acceptors (Lipinski definition) is 3. The van der Waals surface area contributed by atoms with Crippen LogP contribution < -0.4 is 5.73 Å². The van der Waals surface area contributed by atoms with Crippen LogP contribution in [0.2, 0.25) is 0 Å². The summed E-state index contributed by atoms with van der Waals surface area (Å²) < 4.78 is 39.3. The largest absolute Gasteiger partial charge is 0.508 e. The third-order valence-electron chi connectivity index (χ3n) is 3.63. The Hall–Kier alpha value is -3.47. The third kappa shape index (κ3) is 5.25. The second-order valence-electron chi connectivity index (χ2n) is 5.62. The van der Waals surface area contributed by atoms with Crippen molar-refractivity contribution in [2.24, 2.45) is 5.73 Å². The zero-order valence-electron chi connectivity index (χ0n) is 13.8. The van der Waals surface area contributed by atoms with Gasteiger partial charge in [0.1, 0.15) is 5.75 Å². The Bertz CT molecular complexity index is 956. The number of carbonyl (C=O) groups is 2. The van der Waals surface area contributed by atoms with Gasteiger partial charge in [0.25, 0.3) is 0 Å². The number of carbonyl (C=O) groups excluding carboxylic acids is 1. The zero-order chi connectivity index (χ0) is 20.2. The molecule has 5 nitrogen and oxygen atoms in total. The van der Waals surface area contributed by atoms with Gasteiger partial charge >= 0.3 is 12.1 Å². The van der Waals surface area contributed by atoms with Gasteiger partial charge in [-0.15, -0.1) is 0 Å². The number of nitrogens with two attached hydrogens (primary N) is 1. The van der Waals surface area contributed by atoms with Gasteiger partial charge in [0.15, 0.2) is 0 Å². The predicted octanol–water partition coefficient (Wildman–Crippen LogP) is 2.93. The van der Waals surface area contributed by atoms with E-state index in [1.54, 1.807) is 0 Å². The van der Waals surface area contributed by atoms with Gasteiger partial charge in [-0.2, -0.15) is 13.2 Å². The average molecular weight is 377 g/mol. The molecule has 0 aliphatic rings. The van der Waals surface area contributed by atoms with Gasteiger partial charge in [-0.25, -0.2) is 4.79 Å². The lowest BCUT2D eigenvalue weighted by Gasteiger charge is -2.09. The topological polar surface area (TPSA) is 101 Å². The van der Waals surface area contributed by atoms with E-state index < -0.39 is 29.4 Å². The number of carboxylic acids is 1. The van der Waals surface area contributed by atoms with E-state index in [2.05, 4.69) is 11.8 Å².